The van der Waals surface area contributed by atoms with E-state index in [-0.39, 0.29) is 25.4 Å². The average Bonchev–Trinajstić information content (AvgIpc) is 2.71. The van der Waals surface area contributed by atoms with Crippen molar-refractivity contribution in [2.45, 2.75) is 25.8 Å². The van der Waals surface area contributed by atoms with Gasteiger partial charge in [0.1, 0.15) is 11.6 Å². The Kier molecular flexibility index (Phi) is 7.07. The van der Waals surface area contributed by atoms with Crippen LogP contribution in [0.5, 0.6) is 5.75 Å². The summed E-state index contributed by atoms with van der Waals surface area (Å²) in [4.78, 5) is 26.4. The van der Waals surface area contributed by atoms with E-state index in [0.717, 1.165) is 5.56 Å². The normalized spacial score (nSPS) is 15.9. The summed E-state index contributed by atoms with van der Waals surface area (Å²) < 4.78 is 18.9. The number of aliphatic hydroxyl groups excluding tert-OH is 1. The molecule has 2 N–H and O–H groups in total. The molecule has 0 spiro atoms. The van der Waals surface area contributed by atoms with Gasteiger partial charge in [0.25, 0.3) is 0 Å². The molecule has 0 saturated carbocycles. The Morgan fingerprint density at radius 1 is 1.33 bits per heavy atom. The number of rotatable bonds is 6. The molecule has 0 saturated heterocycles. The maximum atomic E-state index is 13.3. The highest BCUT2D eigenvalue weighted by atomic mass is 35.5. The third kappa shape index (κ3) is 5.17. The molecule has 1 aliphatic rings. The maximum absolute atomic E-state index is 13.3. The zero-order valence-corrected chi connectivity index (χ0v) is 17.2. The summed E-state index contributed by atoms with van der Waals surface area (Å²) in [7, 11) is 0. The van der Waals surface area contributed by atoms with E-state index in [2.05, 4.69) is 5.32 Å². The Morgan fingerprint density at radius 3 is 2.77 bits per heavy atom. The number of amides is 2. The molecule has 2 amide bonds. The number of ketones is 1. The molecule has 6 nitrogen and oxygen atoms in total. The Balaban J connectivity index is 1.82. The quantitative estimate of drug-likeness (QED) is 0.653. The van der Waals surface area contributed by atoms with Crippen LogP contribution in [0.4, 0.5) is 14.9 Å². The number of ether oxygens (including phenoxy) is 1. The van der Waals surface area contributed by atoms with Gasteiger partial charge in [0, 0.05) is 37.4 Å². The number of halogens is 2. The van der Waals surface area contributed by atoms with Gasteiger partial charge in [0.2, 0.25) is 0 Å². The van der Waals surface area contributed by atoms with Crippen LogP contribution in [0.2, 0.25) is 5.02 Å². The molecular formula is C22H22ClFN2O4. The van der Waals surface area contributed by atoms with E-state index >= 15 is 0 Å². The van der Waals surface area contributed by atoms with Crippen LogP contribution in [0.15, 0.2) is 48.7 Å². The van der Waals surface area contributed by atoms with Gasteiger partial charge >= 0.3 is 6.03 Å². The minimum Gasteiger partial charge on any atom is -0.492 e. The number of allylic oxidation sites excluding steroid dienone is 1. The number of nitrogens with zero attached hydrogens (tertiary/aromatic N) is 1. The molecule has 0 bridgehead atoms. The first kappa shape index (κ1) is 21.8. The third-order valence-electron chi connectivity index (χ3n) is 4.72. The SMILES string of the molecule is Cc1cc(Cl)c(OCCCO)cc1NC(=O)N1C=CC(=O)CC1c1ccc(F)cc1. The monoisotopic (exact) mass is 432 g/mol. The fourth-order valence-corrected chi connectivity index (χ4v) is 3.39. The van der Waals surface area contributed by atoms with Crippen LogP contribution in [-0.4, -0.2) is 35.0 Å². The Labute approximate surface area is 178 Å². The first-order valence-electron chi connectivity index (χ1n) is 9.48. The standard InChI is InChI=1S/C22H22ClFN2O4/c1-14-11-18(23)21(30-10-2-9-27)13-19(14)25-22(29)26-8-7-17(28)12-20(26)15-3-5-16(24)6-4-15/h3-8,11,13,20,27H,2,9-10,12H2,1H3,(H,25,29). The summed E-state index contributed by atoms with van der Waals surface area (Å²) in [6.45, 7) is 2.08. The summed E-state index contributed by atoms with van der Waals surface area (Å²) in [5, 5.41) is 12.1. The molecule has 1 heterocycles. The molecule has 0 aromatic heterocycles. The average molecular weight is 433 g/mol. The molecule has 1 unspecified atom stereocenters. The molecule has 0 radical (unpaired) electrons. The lowest BCUT2D eigenvalue weighted by molar-refractivity contribution is -0.116. The summed E-state index contributed by atoms with van der Waals surface area (Å²) >= 11 is 6.21. The number of hydrogen-bond donors (Lipinski definition) is 2. The Morgan fingerprint density at radius 2 is 2.07 bits per heavy atom. The first-order chi connectivity index (χ1) is 14.4. The lowest BCUT2D eigenvalue weighted by atomic mass is 9.97. The number of urea groups is 1. The van der Waals surface area contributed by atoms with Crippen molar-refractivity contribution in [3.05, 3.63) is 70.6 Å². The zero-order valence-electron chi connectivity index (χ0n) is 16.4. The number of carbonyl (C=O) groups is 2. The summed E-state index contributed by atoms with van der Waals surface area (Å²) in [5.74, 6) is -0.112. The second kappa shape index (κ2) is 9.73. The minimum atomic E-state index is -0.545. The first-order valence-corrected chi connectivity index (χ1v) is 9.86. The van der Waals surface area contributed by atoms with Crippen molar-refractivity contribution in [1.82, 2.24) is 4.90 Å². The van der Waals surface area contributed by atoms with Crippen LogP contribution in [-0.2, 0) is 4.79 Å². The zero-order chi connectivity index (χ0) is 21.7. The highest BCUT2D eigenvalue weighted by molar-refractivity contribution is 6.32. The summed E-state index contributed by atoms with van der Waals surface area (Å²) in [5.41, 5.74) is 1.90. The molecule has 30 heavy (non-hydrogen) atoms. The third-order valence-corrected chi connectivity index (χ3v) is 5.02. The Bertz CT molecular complexity index is 962. The number of aliphatic hydroxyl groups is 1. The van der Waals surface area contributed by atoms with Crippen LogP contribution in [0.1, 0.15) is 30.0 Å². The number of aryl methyl sites for hydroxylation is 1. The Hall–Kier alpha value is -2.90. The molecule has 0 aliphatic carbocycles. The van der Waals surface area contributed by atoms with Crippen LogP contribution < -0.4 is 10.1 Å². The van der Waals surface area contributed by atoms with Crippen LogP contribution in [0.25, 0.3) is 0 Å². The lowest BCUT2D eigenvalue weighted by Gasteiger charge is -2.31. The molecule has 158 valence electrons. The van der Waals surface area contributed by atoms with Crippen LogP contribution in [0.3, 0.4) is 0 Å². The smallest absolute Gasteiger partial charge is 0.326 e. The number of hydrogen-bond acceptors (Lipinski definition) is 4. The second-order valence-corrected chi connectivity index (χ2v) is 7.32. The highest BCUT2D eigenvalue weighted by Gasteiger charge is 2.29. The van der Waals surface area contributed by atoms with Crippen molar-refractivity contribution in [3.8, 4) is 5.75 Å². The van der Waals surface area contributed by atoms with E-state index in [1.807, 2.05) is 0 Å². The van der Waals surface area contributed by atoms with Gasteiger partial charge in [-0.1, -0.05) is 23.7 Å². The van der Waals surface area contributed by atoms with Gasteiger partial charge in [-0.05, 0) is 42.3 Å². The molecular weight excluding hydrogens is 411 g/mol. The van der Waals surface area contributed by atoms with Crippen LogP contribution in [0, 0.1) is 12.7 Å². The largest absolute Gasteiger partial charge is 0.492 e. The topological polar surface area (TPSA) is 78.9 Å². The van der Waals surface area contributed by atoms with E-state index in [4.69, 9.17) is 21.4 Å². The van der Waals surface area contributed by atoms with E-state index in [1.54, 1.807) is 31.2 Å². The molecule has 8 heteroatoms. The number of anilines is 1. The van der Waals surface area contributed by atoms with Crippen molar-refractivity contribution in [2.75, 3.05) is 18.5 Å². The van der Waals surface area contributed by atoms with Crippen molar-refractivity contribution in [3.63, 3.8) is 0 Å². The fourth-order valence-electron chi connectivity index (χ4n) is 3.12. The lowest BCUT2D eigenvalue weighted by Crippen LogP contribution is -2.37. The maximum Gasteiger partial charge on any atom is 0.326 e. The molecule has 0 fully saturated rings. The summed E-state index contributed by atoms with van der Waals surface area (Å²) in [6, 6.07) is 8.04. The number of nitrogens with one attached hydrogen (secondary N) is 1. The van der Waals surface area contributed by atoms with Gasteiger partial charge in [-0.25, -0.2) is 9.18 Å². The van der Waals surface area contributed by atoms with Gasteiger partial charge in [0.05, 0.1) is 17.7 Å². The molecule has 1 atom stereocenters. The van der Waals surface area contributed by atoms with Gasteiger partial charge in [-0.2, -0.15) is 0 Å². The van der Waals surface area contributed by atoms with Crippen molar-refractivity contribution >= 4 is 29.1 Å². The van der Waals surface area contributed by atoms with Gasteiger partial charge < -0.3 is 15.2 Å². The molecule has 1 aliphatic heterocycles. The summed E-state index contributed by atoms with van der Waals surface area (Å²) in [6.07, 6.45) is 3.33. The predicted octanol–water partition coefficient (Wildman–Crippen LogP) is 4.61. The molecule has 2 aromatic carbocycles. The van der Waals surface area contributed by atoms with Gasteiger partial charge in [-0.3, -0.25) is 9.69 Å². The van der Waals surface area contributed by atoms with E-state index in [0.29, 0.717) is 28.4 Å². The second-order valence-electron chi connectivity index (χ2n) is 6.91. The predicted molar refractivity (Wildman–Crippen MR) is 112 cm³/mol. The minimum absolute atomic E-state index is 0.00212. The van der Waals surface area contributed by atoms with Gasteiger partial charge in [0.15, 0.2) is 5.78 Å². The fraction of sp³-hybridized carbons (Fsp3) is 0.273. The van der Waals surface area contributed by atoms with Gasteiger partial charge in [-0.15, -0.1) is 0 Å². The van der Waals surface area contributed by atoms with E-state index in [1.165, 1.54) is 29.3 Å². The molecule has 3 rings (SSSR count). The van der Waals surface area contributed by atoms with Crippen molar-refractivity contribution in [1.29, 1.82) is 0 Å². The highest BCUT2D eigenvalue weighted by Crippen LogP contribution is 2.33. The van der Waals surface area contributed by atoms with Crippen LogP contribution >= 0.6 is 11.6 Å². The van der Waals surface area contributed by atoms with Crippen molar-refractivity contribution in [2.24, 2.45) is 0 Å². The number of carbonyl (C=O) groups excluding carboxylic acids is 2. The molecule has 2 aromatic rings. The van der Waals surface area contributed by atoms with Crippen molar-refractivity contribution < 1.29 is 23.8 Å². The number of benzene rings is 2. The van der Waals surface area contributed by atoms with E-state index in [9.17, 15) is 14.0 Å². The van der Waals surface area contributed by atoms with E-state index < -0.39 is 17.9 Å².